The Kier molecular flexibility index (Phi) is 312. The fourth-order valence-corrected chi connectivity index (χ4v) is 0. The Balaban J connectivity index is -0.00000000500. The second-order valence-electron chi connectivity index (χ2n) is 0. The van der Waals surface area contributed by atoms with Crippen LogP contribution in [-0.2, 0) is 0 Å². The van der Waals surface area contributed by atoms with Gasteiger partial charge in [-0.15, -0.1) is 0 Å². The summed E-state index contributed by atoms with van der Waals surface area (Å²) in [5, 5.41) is 0. The molecule has 6 heavy (non-hydrogen) atoms. The maximum Gasteiger partial charge on any atom is 2.00 e. The average Bonchev–Trinajstić information content (AvgIpc) is 1.50. The van der Waals surface area contributed by atoms with Crippen molar-refractivity contribution < 1.29 is 9.32 Å². The summed E-state index contributed by atoms with van der Waals surface area (Å²) in [4.78, 5) is 0. The molecule has 0 radical (unpaired) electrons. The first-order valence-corrected chi connectivity index (χ1v) is 0.926. The molecule has 0 rings (SSSR count). The van der Waals surface area contributed by atoms with Gasteiger partial charge in [0.05, 0.1) is 0 Å². The molecule has 0 aromatic rings. The molecule has 0 aliphatic carbocycles. The largest absolute Gasteiger partial charge is 2.00 e. The van der Waals surface area contributed by atoms with Gasteiger partial charge in [0.15, 0.2) is 0 Å². The summed E-state index contributed by atoms with van der Waals surface area (Å²) in [5.41, 5.74) is 0. The fourth-order valence-electron chi connectivity index (χ4n) is 0. The maximum atomic E-state index is 7.72. The molecule has 0 saturated carbocycles. The summed E-state index contributed by atoms with van der Waals surface area (Å²) >= 11 is 6.78. The zero-order valence-corrected chi connectivity index (χ0v) is 6.71. The molecule has 0 aliphatic heterocycles. The third kappa shape index (κ3) is 43.1. The first kappa shape index (κ1) is 25.2. The summed E-state index contributed by atoms with van der Waals surface area (Å²) in [6.45, 7) is 0. The van der Waals surface area contributed by atoms with Gasteiger partial charge in [-0.25, -0.2) is 23.7 Å². The van der Waals surface area contributed by atoms with Crippen molar-refractivity contribution in [1.29, 1.82) is 0 Å². The third-order valence-electron chi connectivity index (χ3n) is 0. The molecule has 0 heterocycles. The molecule has 0 aromatic carbocycles. The van der Waals surface area contributed by atoms with E-state index in [9.17, 15) is 0 Å². The minimum atomic E-state index is 0. The normalized spacial score (nSPS) is 2.00. The van der Waals surface area contributed by atoms with Crippen molar-refractivity contribution in [1.82, 2.24) is 6.15 Å². The minimum absolute atomic E-state index is 0. The molecule has 3 N–H and O–H groups in total. The molecule has 0 spiro atoms. The van der Waals surface area contributed by atoms with E-state index in [1.54, 1.807) is 0 Å². The van der Waals surface area contributed by atoms with Crippen molar-refractivity contribution in [2.24, 2.45) is 0 Å². The van der Waals surface area contributed by atoms with Crippen molar-refractivity contribution in [3.8, 4) is 0 Å². The third-order valence-corrected chi connectivity index (χ3v) is 0. The molecule has 0 atom stereocenters. The summed E-state index contributed by atoms with van der Waals surface area (Å²) in [7, 11) is 0. The molecule has 0 aliphatic rings. The van der Waals surface area contributed by atoms with E-state index in [-0.39, 0.29) is 43.9 Å². The first-order valence-electron chi connectivity index (χ1n) is 0.309. The molecule has 0 saturated heterocycles. The molecule has 6 heteroatoms. The number of halogens is 2. The quantitative estimate of drug-likeness (QED) is 0.451. The van der Waals surface area contributed by atoms with Crippen LogP contribution in [0, 0.1) is 0 Å². The zero-order valence-electron chi connectivity index (χ0n) is 2.99. The van der Waals surface area contributed by atoms with E-state index in [2.05, 4.69) is 23.7 Å². The van der Waals surface area contributed by atoms with Crippen LogP contribution in [0.3, 0.4) is 0 Å². The van der Waals surface area contributed by atoms with Crippen LogP contribution in [0.15, 0.2) is 0 Å². The summed E-state index contributed by atoms with van der Waals surface area (Å²) < 4.78 is 15.4. The van der Waals surface area contributed by atoms with Gasteiger partial charge < -0.3 is 15.5 Å². The molecule has 0 bridgehead atoms. The second-order valence-corrected chi connectivity index (χ2v) is 0. The van der Waals surface area contributed by atoms with Crippen LogP contribution >= 0.6 is 23.7 Å². The first-order chi connectivity index (χ1) is 2.00. The van der Waals surface area contributed by atoms with E-state index >= 15 is 0 Å². The van der Waals surface area contributed by atoms with Crippen molar-refractivity contribution in [2.75, 3.05) is 0 Å². The van der Waals surface area contributed by atoms with Crippen LogP contribution in [0.1, 0.15) is 0 Å². The van der Waals surface area contributed by atoms with Gasteiger partial charge in [0, 0.05) is 0 Å². The summed E-state index contributed by atoms with van der Waals surface area (Å²) in [6, 6.07) is 0. The minimum Gasteiger partial charge on any atom is -0.769 e. The van der Waals surface area contributed by atoms with E-state index in [1.165, 1.54) is 0 Å². The van der Waals surface area contributed by atoms with Crippen molar-refractivity contribution in [3.63, 3.8) is 0 Å². The Bertz CT molecular complexity index is 11.5. The van der Waals surface area contributed by atoms with Gasteiger partial charge in [-0.2, -0.15) is 0 Å². The maximum absolute atomic E-state index is 7.72. The smallest absolute Gasteiger partial charge is 0.769 e. The summed E-state index contributed by atoms with van der Waals surface area (Å²) in [5.74, 6) is 0. The van der Waals surface area contributed by atoms with E-state index < -0.39 is 0 Å². The molecule has 0 aromatic heterocycles. The number of hydrogen-bond donors (Lipinski definition) is 1. The van der Waals surface area contributed by atoms with E-state index in [4.69, 9.17) is 9.32 Å². The van der Waals surface area contributed by atoms with Gasteiger partial charge in [0.25, 0.3) is 0 Å². The Morgan fingerprint density at radius 3 is 0.833 bits per heavy atom. The van der Waals surface area contributed by atoms with Gasteiger partial charge in [-0.1, -0.05) is 0 Å². The van der Waals surface area contributed by atoms with Gasteiger partial charge in [0.1, 0.15) is 0 Å². The topological polar surface area (TPSA) is 81.1 Å². The van der Waals surface area contributed by atoms with Crippen LogP contribution in [0.4, 0.5) is 0 Å². The monoisotopic (exact) mass is 159 g/mol. The Hall–Kier alpha value is 1.72. The summed E-state index contributed by atoms with van der Waals surface area (Å²) in [6.07, 6.45) is 0. The van der Waals surface area contributed by atoms with E-state index in [1.807, 2.05) is 0 Å². The van der Waals surface area contributed by atoms with Crippen LogP contribution in [-0.4, -0.2) is 37.7 Å². The Labute approximate surface area is 76.2 Å². The predicted octanol–water partition coefficient (Wildman–Crippen LogP) is -1.22. The standard InChI is InChI=1S/Ca.2ClO.H3N/c;2*1-2;/h;;;1H3/q+2;2*-1;. The van der Waals surface area contributed by atoms with Crippen LogP contribution in [0.25, 0.3) is 0 Å². The average molecular weight is 160 g/mol. The van der Waals surface area contributed by atoms with Crippen LogP contribution in [0.5, 0.6) is 0 Å². The van der Waals surface area contributed by atoms with Gasteiger partial charge in [-0.3, -0.25) is 0 Å². The molecule has 0 fully saturated rings. The van der Waals surface area contributed by atoms with Gasteiger partial charge in [-0.05, 0) is 0 Å². The molecular weight excluding hydrogens is 157 g/mol. The molecule has 0 amide bonds. The number of hydrogen-bond acceptors (Lipinski definition) is 3. The zero-order chi connectivity index (χ0) is 4.00. The van der Waals surface area contributed by atoms with Crippen molar-refractivity contribution >= 4 is 61.5 Å². The SMILES string of the molecule is N.[Ca+2].[O-]Cl.[O-]Cl. The molecule has 36 valence electrons. The predicted molar refractivity (Wildman–Crippen MR) is 22.5 cm³/mol. The van der Waals surface area contributed by atoms with Gasteiger partial charge >= 0.3 is 37.7 Å². The second kappa shape index (κ2) is 74.3. The van der Waals surface area contributed by atoms with Crippen molar-refractivity contribution in [3.05, 3.63) is 0 Å². The van der Waals surface area contributed by atoms with E-state index in [0.29, 0.717) is 0 Å². The number of rotatable bonds is 0. The van der Waals surface area contributed by atoms with E-state index in [0.717, 1.165) is 0 Å². The Morgan fingerprint density at radius 2 is 0.833 bits per heavy atom. The van der Waals surface area contributed by atoms with Gasteiger partial charge in [0.2, 0.25) is 0 Å². The Morgan fingerprint density at radius 1 is 0.833 bits per heavy atom. The van der Waals surface area contributed by atoms with Crippen LogP contribution < -0.4 is 15.5 Å². The molecular formula is H3CaCl2NO2. The molecule has 0 unspecified atom stereocenters. The fraction of sp³-hybridized carbons (Fsp3) is 0. The van der Waals surface area contributed by atoms with Crippen LogP contribution in [0.2, 0.25) is 0 Å². The molecule has 3 nitrogen and oxygen atoms in total. The van der Waals surface area contributed by atoms with Crippen molar-refractivity contribution in [2.45, 2.75) is 0 Å².